The summed E-state index contributed by atoms with van der Waals surface area (Å²) in [5.74, 6) is 3.07. The van der Waals surface area contributed by atoms with E-state index >= 15 is 0 Å². The molecule has 3 heterocycles. The van der Waals surface area contributed by atoms with Crippen molar-refractivity contribution in [2.24, 2.45) is 0 Å². The van der Waals surface area contributed by atoms with Gasteiger partial charge in [0.25, 0.3) is 0 Å². The Bertz CT molecular complexity index is 1040. The molecular weight excluding hydrogens is 326 g/mol. The number of pyridine rings is 1. The lowest BCUT2D eigenvalue weighted by molar-refractivity contribution is -0.686. The molecule has 2 aliphatic rings. The molecule has 1 aromatic heterocycles. The first-order valence-electron chi connectivity index (χ1n) is 9.12. The predicted molar refractivity (Wildman–Crippen MR) is 100 cm³/mol. The Morgan fingerprint density at radius 2 is 1.88 bits per heavy atom. The molecule has 5 rings (SSSR count). The van der Waals surface area contributed by atoms with Crippen molar-refractivity contribution < 1.29 is 18.8 Å². The van der Waals surface area contributed by atoms with Gasteiger partial charge >= 0.3 is 0 Å². The normalized spacial score (nSPS) is 14.5. The highest BCUT2D eigenvalue weighted by Crippen LogP contribution is 2.41. The number of benzene rings is 2. The lowest BCUT2D eigenvalue weighted by Crippen LogP contribution is -2.40. The minimum Gasteiger partial charge on any atom is -0.496 e. The van der Waals surface area contributed by atoms with Gasteiger partial charge in [0, 0.05) is 18.1 Å². The molecule has 0 aliphatic carbocycles. The van der Waals surface area contributed by atoms with Gasteiger partial charge in [-0.1, -0.05) is 19.9 Å². The van der Waals surface area contributed by atoms with Crippen LogP contribution in [0.25, 0.3) is 22.0 Å². The third kappa shape index (κ3) is 2.18. The van der Waals surface area contributed by atoms with Crippen LogP contribution in [0.5, 0.6) is 17.2 Å². The third-order valence-electron chi connectivity index (χ3n) is 5.46. The van der Waals surface area contributed by atoms with Gasteiger partial charge in [0.2, 0.25) is 12.5 Å². The average Bonchev–Trinajstić information content (AvgIpc) is 3.11. The highest BCUT2D eigenvalue weighted by Gasteiger charge is 2.28. The number of hydrogen-bond acceptors (Lipinski definition) is 3. The molecule has 26 heavy (non-hydrogen) atoms. The first-order chi connectivity index (χ1) is 12.7. The summed E-state index contributed by atoms with van der Waals surface area (Å²) in [5.41, 5.74) is 5.07. The van der Waals surface area contributed by atoms with Gasteiger partial charge in [-0.3, -0.25) is 0 Å². The first-order valence-corrected chi connectivity index (χ1v) is 9.12. The second kappa shape index (κ2) is 5.63. The second-order valence-electron chi connectivity index (χ2n) is 7.30. The van der Waals surface area contributed by atoms with Crippen molar-refractivity contribution in [3.05, 3.63) is 47.7 Å². The van der Waals surface area contributed by atoms with Crippen LogP contribution in [0.3, 0.4) is 0 Å². The summed E-state index contributed by atoms with van der Waals surface area (Å²) in [6.45, 7) is 5.72. The fourth-order valence-corrected chi connectivity index (χ4v) is 4.22. The summed E-state index contributed by atoms with van der Waals surface area (Å²) in [7, 11) is 1.75. The molecule has 0 N–H and O–H groups in total. The van der Waals surface area contributed by atoms with E-state index in [2.05, 4.69) is 54.9 Å². The number of fused-ring (bicyclic) bond motifs is 5. The van der Waals surface area contributed by atoms with E-state index in [4.69, 9.17) is 14.2 Å². The zero-order valence-electron chi connectivity index (χ0n) is 15.3. The Morgan fingerprint density at radius 3 is 2.65 bits per heavy atom. The Kier molecular flexibility index (Phi) is 3.36. The molecule has 2 aromatic carbocycles. The van der Waals surface area contributed by atoms with Crippen molar-refractivity contribution in [1.82, 2.24) is 0 Å². The topological polar surface area (TPSA) is 31.6 Å². The van der Waals surface area contributed by atoms with E-state index in [1.807, 2.05) is 0 Å². The Labute approximate surface area is 152 Å². The van der Waals surface area contributed by atoms with E-state index in [0.717, 1.165) is 30.2 Å². The van der Waals surface area contributed by atoms with Crippen molar-refractivity contribution in [1.29, 1.82) is 0 Å². The van der Waals surface area contributed by atoms with Gasteiger partial charge in [-0.05, 0) is 35.1 Å². The van der Waals surface area contributed by atoms with Gasteiger partial charge in [0.1, 0.15) is 5.75 Å². The van der Waals surface area contributed by atoms with Crippen molar-refractivity contribution >= 4 is 10.8 Å². The van der Waals surface area contributed by atoms with E-state index < -0.39 is 0 Å². The number of ether oxygens (including phenoxy) is 3. The van der Waals surface area contributed by atoms with Crippen LogP contribution in [-0.2, 0) is 13.0 Å². The summed E-state index contributed by atoms with van der Waals surface area (Å²) in [5, 5.41) is 2.51. The van der Waals surface area contributed by atoms with Gasteiger partial charge in [0.15, 0.2) is 24.2 Å². The molecule has 0 spiro atoms. The Morgan fingerprint density at radius 1 is 1.08 bits per heavy atom. The maximum atomic E-state index is 5.63. The molecule has 0 saturated carbocycles. The summed E-state index contributed by atoms with van der Waals surface area (Å²) in [6, 6.07) is 10.8. The summed E-state index contributed by atoms with van der Waals surface area (Å²) >= 11 is 0. The van der Waals surface area contributed by atoms with Crippen molar-refractivity contribution in [2.75, 3.05) is 13.9 Å². The molecule has 3 aromatic rings. The summed E-state index contributed by atoms with van der Waals surface area (Å²) < 4.78 is 19.1. The number of rotatable bonds is 2. The van der Waals surface area contributed by atoms with Gasteiger partial charge in [-0.2, -0.15) is 4.57 Å². The molecule has 132 valence electrons. The lowest BCUT2D eigenvalue weighted by Gasteiger charge is -2.18. The molecule has 0 fully saturated rings. The smallest absolute Gasteiger partial charge is 0.231 e. The van der Waals surface area contributed by atoms with Crippen molar-refractivity contribution in [2.45, 2.75) is 32.7 Å². The van der Waals surface area contributed by atoms with Crippen LogP contribution in [0, 0.1) is 0 Å². The van der Waals surface area contributed by atoms with Crippen molar-refractivity contribution in [3.63, 3.8) is 0 Å². The zero-order chi connectivity index (χ0) is 17.8. The van der Waals surface area contributed by atoms with Gasteiger partial charge in [0.05, 0.1) is 18.1 Å². The van der Waals surface area contributed by atoms with Crippen molar-refractivity contribution in [3.8, 4) is 28.5 Å². The van der Waals surface area contributed by atoms with E-state index in [1.54, 1.807) is 7.11 Å². The van der Waals surface area contributed by atoms with E-state index in [1.165, 1.54) is 33.2 Å². The minimum absolute atomic E-state index is 0.313. The quantitative estimate of drug-likeness (QED) is 0.650. The predicted octanol–water partition coefficient (Wildman–Crippen LogP) is 4.21. The minimum atomic E-state index is 0.313. The van der Waals surface area contributed by atoms with Crippen LogP contribution in [0.1, 0.15) is 30.9 Å². The van der Waals surface area contributed by atoms with Crippen LogP contribution < -0.4 is 18.8 Å². The lowest BCUT2D eigenvalue weighted by atomic mass is 9.92. The molecule has 2 aliphatic heterocycles. The molecule has 0 saturated heterocycles. The number of aryl methyl sites for hydroxylation is 2. The molecule has 4 nitrogen and oxygen atoms in total. The van der Waals surface area contributed by atoms with Crippen LogP contribution in [-0.4, -0.2) is 13.9 Å². The molecular formula is C22H22NO3+. The number of aromatic nitrogens is 1. The average molecular weight is 348 g/mol. The first kappa shape index (κ1) is 15.5. The van der Waals surface area contributed by atoms with E-state index in [9.17, 15) is 0 Å². The molecule has 0 atom stereocenters. The van der Waals surface area contributed by atoms with Crippen LogP contribution >= 0.6 is 0 Å². The molecule has 0 bridgehead atoms. The number of methoxy groups -OCH3 is 1. The monoisotopic (exact) mass is 348 g/mol. The van der Waals surface area contributed by atoms with Crippen LogP contribution in [0.4, 0.5) is 0 Å². The fourth-order valence-electron chi connectivity index (χ4n) is 4.22. The van der Waals surface area contributed by atoms with Crippen LogP contribution in [0.2, 0.25) is 0 Å². The van der Waals surface area contributed by atoms with Gasteiger partial charge in [-0.15, -0.1) is 0 Å². The number of hydrogen-bond donors (Lipinski definition) is 0. The molecule has 0 amide bonds. The SMILES string of the molecule is COc1ccc2cc3[n+](cc2c1C(C)C)CCc1cc2c(cc1-3)OCO2. The van der Waals surface area contributed by atoms with Gasteiger partial charge in [-0.25, -0.2) is 0 Å². The van der Waals surface area contributed by atoms with E-state index in [-0.39, 0.29) is 0 Å². The highest BCUT2D eigenvalue weighted by atomic mass is 16.7. The standard InChI is InChI=1S/C22H22NO3/c1-13(2)22-17-11-23-7-6-15-9-20-21(26-12-25-20)10-16(15)18(23)8-14(17)4-5-19(22)24-3/h4-5,8-11,13H,6-7,12H2,1-3H3/q+1. The largest absolute Gasteiger partial charge is 0.496 e. The molecule has 0 radical (unpaired) electrons. The second-order valence-corrected chi connectivity index (χ2v) is 7.30. The fraction of sp³-hybridized carbons (Fsp3) is 0.318. The van der Waals surface area contributed by atoms with Gasteiger partial charge < -0.3 is 14.2 Å². The zero-order valence-corrected chi connectivity index (χ0v) is 15.3. The van der Waals surface area contributed by atoms with E-state index in [0.29, 0.717) is 12.7 Å². The highest BCUT2D eigenvalue weighted by molar-refractivity contribution is 5.89. The molecule has 0 unspecified atom stereocenters. The Balaban J connectivity index is 1.76. The summed E-state index contributed by atoms with van der Waals surface area (Å²) in [4.78, 5) is 0. The maximum absolute atomic E-state index is 5.63. The molecule has 4 heteroatoms. The Hall–Kier alpha value is -2.75. The van der Waals surface area contributed by atoms with Crippen LogP contribution in [0.15, 0.2) is 36.5 Å². The maximum Gasteiger partial charge on any atom is 0.231 e. The summed E-state index contributed by atoms with van der Waals surface area (Å²) in [6.07, 6.45) is 3.28. The number of nitrogens with zero attached hydrogens (tertiary/aromatic N) is 1. The third-order valence-corrected chi connectivity index (χ3v) is 5.46.